The van der Waals surface area contributed by atoms with E-state index in [9.17, 15) is 0 Å². The molecule has 18 heavy (non-hydrogen) atoms. The predicted molar refractivity (Wildman–Crippen MR) is 69.8 cm³/mol. The monoisotopic (exact) mass is 271 g/mol. The molecule has 1 aromatic heterocycles. The molecule has 0 radical (unpaired) electrons. The SMILES string of the molecule is COCc1nc(Cl)cc(N2CCC(CO)CC2)n1. The Kier molecular flexibility index (Phi) is 4.74. The van der Waals surface area contributed by atoms with Gasteiger partial charge in [-0.1, -0.05) is 11.6 Å². The predicted octanol–water partition coefficient (Wildman–Crippen LogP) is 1.49. The second-order valence-corrected chi connectivity index (χ2v) is 4.90. The van der Waals surface area contributed by atoms with Crippen molar-refractivity contribution >= 4 is 17.4 Å². The Morgan fingerprint density at radius 2 is 2.17 bits per heavy atom. The molecule has 2 heterocycles. The number of hydrogen-bond acceptors (Lipinski definition) is 5. The summed E-state index contributed by atoms with van der Waals surface area (Å²) in [5.41, 5.74) is 0. The van der Waals surface area contributed by atoms with Crippen LogP contribution in [0.2, 0.25) is 5.15 Å². The van der Waals surface area contributed by atoms with Crippen LogP contribution in [0.4, 0.5) is 5.82 Å². The molecule has 0 aromatic carbocycles. The molecule has 0 amide bonds. The number of halogens is 1. The lowest BCUT2D eigenvalue weighted by molar-refractivity contribution is 0.177. The largest absolute Gasteiger partial charge is 0.396 e. The lowest BCUT2D eigenvalue weighted by atomic mass is 9.98. The van der Waals surface area contributed by atoms with Crippen molar-refractivity contribution in [3.8, 4) is 0 Å². The van der Waals surface area contributed by atoms with E-state index in [0.717, 1.165) is 31.7 Å². The van der Waals surface area contributed by atoms with Gasteiger partial charge in [-0.2, -0.15) is 0 Å². The topological polar surface area (TPSA) is 58.5 Å². The minimum Gasteiger partial charge on any atom is -0.396 e. The summed E-state index contributed by atoms with van der Waals surface area (Å²) in [4.78, 5) is 10.7. The summed E-state index contributed by atoms with van der Waals surface area (Å²) in [5, 5.41) is 9.57. The molecule has 6 heteroatoms. The number of piperidine rings is 1. The molecular weight excluding hydrogens is 254 g/mol. The van der Waals surface area contributed by atoms with E-state index in [2.05, 4.69) is 14.9 Å². The van der Waals surface area contributed by atoms with E-state index in [1.54, 1.807) is 13.2 Å². The van der Waals surface area contributed by atoms with Gasteiger partial charge in [0.1, 0.15) is 17.6 Å². The summed E-state index contributed by atoms with van der Waals surface area (Å²) in [6.07, 6.45) is 1.97. The van der Waals surface area contributed by atoms with Crippen molar-refractivity contribution in [1.82, 2.24) is 9.97 Å². The highest BCUT2D eigenvalue weighted by atomic mass is 35.5. The quantitative estimate of drug-likeness (QED) is 0.841. The van der Waals surface area contributed by atoms with Crippen LogP contribution in [0.25, 0.3) is 0 Å². The molecular formula is C12H18ClN3O2. The van der Waals surface area contributed by atoms with Crippen molar-refractivity contribution < 1.29 is 9.84 Å². The molecule has 1 aliphatic rings. The molecule has 0 saturated carbocycles. The fourth-order valence-corrected chi connectivity index (χ4v) is 2.35. The average Bonchev–Trinajstić information content (AvgIpc) is 2.38. The smallest absolute Gasteiger partial charge is 0.158 e. The van der Waals surface area contributed by atoms with Gasteiger partial charge < -0.3 is 14.7 Å². The summed E-state index contributed by atoms with van der Waals surface area (Å²) in [6.45, 7) is 2.42. The molecule has 0 unspecified atom stereocenters. The standard InChI is InChI=1S/C12H18ClN3O2/c1-18-8-11-14-10(13)6-12(15-11)16-4-2-9(7-17)3-5-16/h6,9,17H,2-5,7-8H2,1H3. The number of hydrogen-bond donors (Lipinski definition) is 1. The highest BCUT2D eigenvalue weighted by molar-refractivity contribution is 6.29. The Bertz CT molecular complexity index is 395. The molecule has 1 aromatic rings. The van der Waals surface area contributed by atoms with Gasteiger partial charge in [-0.15, -0.1) is 0 Å². The van der Waals surface area contributed by atoms with Gasteiger partial charge >= 0.3 is 0 Å². The lowest BCUT2D eigenvalue weighted by Gasteiger charge is -2.32. The minimum atomic E-state index is 0.271. The number of methoxy groups -OCH3 is 1. The van der Waals surface area contributed by atoms with Crippen LogP contribution < -0.4 is 4.90 Å². The molecule has 0 aliphatic carbocycles. The second kappa shape index (κ2) is 6.31. The fraction of sp³-hybridized carbons (Fsp3) is 0.667. The Hall–Kier alpha value is -0.910. The summed E-state index contributed by atoms with van der Waals surface area (Å²) >= 11 is 5.99. The number of rotatable bonds is 4. The molecule has 1 saturated heterocycles. The van der Waals surface area contributed by atoms with Crippen molar-refractivity contribution in [2.24, 2.45) is 5.92 Å². The molecule has 0 bridgehead atoms. The summed E-state index contributed by atoms with van der Waals surface area (Å²) in [7, 11) is 1.61. The van der Waals surface area contributed by atoms with Gasteiger partial charge in [0.15, 0.2) is 5.82 Å². The van der Waals surface area contributed by atoms with Crippen LogP contribution >= 0.6 is 11.6 Å². The number of aliphatic hydroxyl groups is 1. The third-order valence-corrected chi connectivity index (χ3v) is 3.39. The second-order valence-electron chi connectivity index (χ2n) is 4.51. The number of aliphatic hydroxyl groups excluding tert-OH is 1. The van der Waals surface area contributed by atoms with E-state index >= 15 is 0 Å². The van der Waals surface area contributed by atoms with Crippen LogP contribution in [-0.4, -0.2) is 41.9 Å². The molecule has 1 aliphatic heterocycles. The third kappa shape index (κ3) is 3.31. The van der Waals surface area contributed by atoms with E-state index in [4.69, 9.17) is 21.4 Å². The van der Waals surface area contributed by atoms with E-state index in [-0.39, 0.29) is 6.61 Å². The van der Waals surface area contributed by atoms with Crippen LogP contribution in [0.1, 0.15) is 18.7 Å². The Labute approximate surface area is 112 Å². The lowest BCUT2D eigenvalue weighted by Crippen LogP contribution is -2.35. The normalized spacial score (nSPS) is 17.2. The first-order chi connectivity index (χ1) is 8.72. The molecule has 100 valence electrons. The summed E-state index contributed by atoms with van der Waals surface area (Å²) in [6, 6.07) is 1.78. The molecule has 2 rings (SSSR count). The zero-order valence-corrected chi connectivity index (χ0v) is 11.2. The Morgan fingerprint density at radius 1 is 1.44 bits per heavy atom. The van der Waals surface area contributed by atoms with Gasteiger partial charge in [0, 0.05) is 32.9 Å². The van der Waals surface area contributed by atoms with Gasteiger partial charge in [-0.3, -0.25) is 0 Å². The number of aromatic nitrogens is 2. The Balaban J connectivity index is 2.08. The van der Waals surface area contributed by atoms with E-state index in [1.807, 2.05) is 0 Å². The van der Waals surface area contributed by atoms with Crippen molar-refractivity contribution in [2.75, 3.05) is 31.7 Å². The first-order valence-electron chi connectivity index (χ1n) is 6.11. The molecule has 1 N–H and O–H groups in total. The van der Waals surface area contributed by atoms with E-state index in [1.165, 1.54) is 0 Å². The Morgan fingerprint density at radius 3 is 2.78 bits per heavy atom. The fourth-order valence-electron chi connectivity index (χ4n) is 2.15. The van der Waals surface area contributed by atoms with Gasteiger partial charge in [-0.05, 0) is 18.8 Å². The van der Waals surface area contributed by atoms with Crippen molar-refractivity contribution in [3.63, 3.8) is 0 Å². The van der Waals surface area contributed by atoms with Gasteiger partial charge in [0.2, 0.25) is 0 Å². The molecule has 5 nitrogen and oxygen atoms in total. The first-order valence-corrected chi connectivity index (χ1v) is 6.49. The zero-order valence-electron chi connectivity index (χ0n) is 10.5. The van der Waals surface area contributed by atoms with Gasteiger partial charge in [0.05, 0.1) is 0 Å². The van der Waals surface area contributed by atoms with E-state index < -0.39 is 0 Å². The number of nitrogens with zero attached hydrogens (tertiary/aromatic N) is 3. The maximum Gasteiger partial charge on any atom is 0.158 e. The highest BCUT2D eigenvalue weighted by Crippen LogP contribution is 2.23. The van der Waals surface area contributed by atoms with Gasteiger partial charge in [-0.25, -0.2) is 9.97 Å². The molecule has 0 atom stereocenters. The maximum absolute atomic E-state index is 9.12. The number of ether oxygens (including phenoxy) is 1. The van der Waals surface area contributed by atoms with Crippen LogP contribution in [0.3, 0.4) is 0 Å². The number of anilines is 1. The van der Waals surface area contributed by atoms with Crippen LogP contribution in [-0.2, 0) is 11.3 Å². The molecule has 1 fully saturated rings. The van der Waals surface area contributed by atoms with E-state index in [0.29, 0.717) is 23.5 Å². The average molecular weight is 272 g/mol. The third-order valence-electron chi connectivity index (χ3n) is 3.20. The first kappa shape index (κ1) is 13.5. The summed E-state index contributed by atoms with van der Waals surface area (Å²) < 4.78 is 5.02. The molecule has 0 spiro atoms. The van der Waals surface area contributed by atoms with Crippen LogP contribution in [0.5, 0.6) is 0 Å². The minimum absolute atomic E-state index is 0.271. The van der Waals surface area contributed by atoms with Crippen LogP contribution in [0, 0.1) is 5.92 Å². The van der Waals surface area contributed by atoms with Crippen molar-refractivity contribution in [1.29, 1.82) is 0 Å². The highest BCUT2D eigenvalue weighted by Gasteiger charge is 2.20. The maximum atomic E-state index is 9.12. The zero-order chi connectivity index (χ0) is 13.0. The van der Waals surface area contributed by atoms with Gasteiger partial charge in [0.25, 0.3) is 0 Å². The van der Waals surface area contributed by atoms with Crippen LogP contribution in [0.15, 0.2) is 6.07 Å². The van der Waals surface area contributed by atoms with Crippen molar-refractivity contribution in [2.45, 2.75) is 19.4 Å². The summed E-state index contributed by atoms with van der Waals surface area (Å²) in [5.74, 6) is 1.86. The van der Waals surface area contributed by atoms with Crippen molar-refractivity contribution in [3.05, 3.63) is 17.0 Å².